The molecule has 0 aromatic carbocycles. The van der Waals surface area contributed by atoms with Gasteiger partial charge >= 0.3 is 5.97 Å². The van der Waals surface area contributed by atoms with Crippen LogP contribution >= 0.6 is 0 Å². The van der Waals surface area contributed by atoms with Gasteiger partial charge < -0.3 is 15.2 Å². The maximum absolute atomic E-state index is 11.7. The lowest BCUT2D eigenvalue weighted by atomic mass is 10.1. The Morgan fingerprint density at radius 1 is 1.53 bits per heavy atom. The highest BCUT2D eigenvalue weighted by atomic mass is 16.6. The molecule has 0 aromatic rings. The van der Waals surface area contributed by atoms with Gasteiger partial charge in [-0.25, -0.2) is 4.79 Å². The Hall–Kier alpha value is -0.650. The molecule has 15 heavy (non-hydrogen) atoms. The summed E-state index contributed by atoms with van der Waals surface area (Å²) >= 11 is 0. The van der Waals surface area contributed by atoms with E-state index in [1.165, 1.54) is 0 Å². The van der Waals surface area contributed by atoms with Crippen molar-refractivity contribution in [1.29, 1.82) is 0 Å². The number of carbonyl (C=O) groups is 1. The first-order valence-electron chi connectivity index (χ1n) is 5.11. The highest BCUT2D eigenvalue weighted by Crippen LogP contribution is 2.14. The minimum Gasteiger partial charge on any atom is -0.458 e. The Balaban J connectivity index is 2.59. The second-order valence-electron chi connectivity index (χ2n) is 4.80. The van der Waals surface area contributed by atoms with Crippen molar-refractivity contribution in [2.45, 2.75) is 38.6 Å². The van der Waals surface area contributed by atoms with Gasteiger partial charge in [0.05, 0.1) is 12.8 Å². The van der Waals surface area contributed by atoms with Gasteiger partial charge in [0.1, 0.15) is 5.60 Å². The van der Waals surface area contributed by atoms with E-state index < -0.39 is 17.9 Å². The van der Waals surface area contributed by atoms with Crippen LogP contribution in [0, 0.1) is 0 Å². The van der Waals surface area contributed by atoms with Crippen LogP contribution in [0.5, 0.6) is 0 Å². The Morgan fingerprint density at radius 3 is 2.67 bits per heavy atom. The number of carbonyl (C=O) groups excluding carboxylic acids is 1. The molecule has 0 aliphatic carbocycles. The molecule has 1 saturated heterocycles. The number of hydrogen-bond acceptors (Lipinski definition) is 5. The number of esters is 1. The van der Waals surface area contributed by atoms with E-state index in [-0.39, 0.29) is 5.97 Å². The summed E-state index contributed by atoms with van der Waals surface area (Å²) in [7, 11) is 1.87. The zero-order valence-electron chi connectivity index (χ0n) is 9.82. The molecule has 0 amide bonds. The quantitative estimate of drug-likeness (QED) is 0.622. The SMILES string of the molecule is CN1CCOC(C(=O)OC(C)(C)C)C1N. The third-order valence-electron chi connectivity index (χ3n) is 2.20. The summed E-state index contributed by atoms with van der Waals surface area (Å²) in [5.41, 5.74) is 5.34. The molecule has 1 aliphatic rings. The summed E-state index contributed by atoms with van der Waals surface area (Å²) in [6, 6.07) is 0. The molecule has 5 nitrogen and oxygen atoms in total. The second-order valence-corrected chi connectivity index (χ2v) is 4.80. The molecule has 1 heterocycles. The summed E-state index contributed by atoms with van der Waals surface area (Å²) in [6.45, 7) is 6.71. The van der Waals surface area contributed by atoms with Crippen LogP contribution in [0.3, 0.4) is 0 Å². The summed E-state index contributed by atoms with van der Waals surface area (Å²) in [6.07, 6.45) is -1.10. The fourth-order valence-corrected chi connectivity index (χ4v) is 1.37. The normalized spacial score (nSPS) is 28.9. The van der Waals surface area contributed by atoms with Gasteiger partial charge in [-0.05, 0) is 27.8 Å². The molecule has 5 heteroatoms. The maximum Gasteiger partial charge on any atom is 0.338 e. The molecule has 0 bridgehead atoms. The molecule has 2 atom stereocenters. The first-order valence-corrected chi connectivity index (χ1v) is 5.11. The highest BCUT2D eigenvalue weighted by molar-refractivity contribution is 5.76. The van der Waals surface area contributed by atoms with E-state index in [9.17, 15) is 4.79 Å². The molecule has 0 saturated carbocycles. The van der Waals surface area contributed by atoms with E-state index in [0.717, 1.165) is 6.54 Å². The Kier molecular flexibility index (Phi) is 3.70. The lowest BCUT2D eigenvalue weighted by Gasteiger charge is -2.36. The molecule has 1 aliphatic heterocycles. The number of nitrogens with zero attached hydrogens (tertiary/aromatic N) is 1. The van der Waals surface area contributed by atoms with Crippen molar-refractivity contribution in [3.63, 3.8) is 0 Å². The molecule has 1 fully saturated rings. The minimum absolute atomic E-state index is 0.387. The molecule has 88 valence electrons. The topological polar surface area (TPSA) is 64.8 Å². The number of ether oxygens (including phenoxy) is 2. The Bertz CT molecular complexity index is 237. The number of rotatable bonds is 1. The molecule has 2 unspecified atom stereocenters. The second kappa shape index (κ2) is 4.47. The van der Waals surface area contributed by atoms with Crippen LogP contribution in [-0.2, 0) is 14.3 Å². The van der Waals surface area contributed by atoms with E-state index in [4.69, 9.17) is 15.2 Å². The van der Waals surface area contributed by atoms with Crippen LogP contribution in [-0.4, -0.2) is 48.9 Å². The molecular weight excluding hydrogens is 196 g/mol. The molecule has 0 aromatic heterocycles. The van der Waals surface area contributed by atoms with Crippen LogP contribution in [0.1, 0.15) is 20.8 Å². The predicted molar refractivity (Wildman–Crippen MR) is 56.2 cm³/mol. The third kappa shape index (κ3) is 3.44. The van der Waals surface area contributed by atoms with Gasteiger partial charge in [0, 0.05) is 6.54 Å². The van der Waals surface area contributed by atoms with Gasteiger partial charge in [-0.15, -0.1) is 0 Å². The van der Waals surface area contributed by atoms with E-state index in [1.54, 1.807) is 0 Å². The number of nitrogens with two attached hydrogens (primary N) is 1. The summed E-state index contributed by atoms with van der Waals surface area (Å²) in [5.74, 6) is -0.387. The Labute approximate surface area is 90.5 Å². The van der Waals surface area contributed by atoms with Crippen LogP contribution in [0.15, 0.2) is 0 Å². The summed E-state index contributed by atoms with van der Waals surface area (Å²) in [4.78, 5) is 13.6. The van der Waals surface area contributed by atoms with Gasteiger partial charge in [-0.3, -0.25) is 4.90 Å². The third-order valence-corrected chi connectivity index (χ3v) is 2.20. The van der Waals surface area contributed by atoms with Crippen LogP contribution in [0.25, 0.3) is 0 Å². The van der Waals surface area contributed by atoms with E-state index in [1.807, 2.05) is 32.7 Å². The zero-order valence-corrected chi connectivity index (χ0v) is 9.82. The monoisotopic (exact) mass is 216 g/mol. The van der Waals surface area contributed by atoms with Gasteiger partial charge in [-0.2, -0.15) is 0 Å². The fraction of sp³-hybridized carbons (Fsp3) is 0.900. The Morgan fingerprint density at radius 2 is 2.13 bits per heavy atom. The van der Waals surface area contributed by atoms with Crippen molar-refractivity contribution in [3.8, 4) is 0 Å². The molecule has 2 N–H and O–H groups in total. The predicted octanol–water partition coefficient (Wildman–Crippen LogP) is -0.0565. The van der Waals surface area contributed by atoms with Crippen molar-refractivity contribution in [1.82, 2.24) is 4.90 Å². The van der Waals surface area contributed by atoms with Crippen LogP contribution in [0.4, 0.5) is 0 Å². The van der Waals surface area contributed by atoms with Gasteiger partial charge in [0.25, 0.3) is 0 Å². The lowest BCUT2D eigenvalue weighted by molar-refractivity contribution is -0.178. The fourth-order valence-electron chi connectivity index (χ4n) is 1.37. The smallest absolute Gasteiger partial charge is 0.338 e. The average Bonchev–Trinajstić information content (AvgIpc) is 2.06. The lowest BCUT2D eigenvalue weighted by Crippen LogP contribution is -2.58. The van der Waals surface area contributed by atoms with E-state index in [0.29, 0.717) is 6.61 Å². The minimum atomic E-state index is -0.678. The standard InChI is InChI=1S/C10H20N2O3/c1-10(2,3)15-9(13)7-8(11)12(4)5-6-14-7/h7-8H,5-6,11H2,1-4H3. The molecule has 0 radical (unpaired) electrons. The number of morpholine rings is 1. The summed E-state index contributed by atoms with van der Waals surface area (Å²) < 4.78 is 10.6. The highest BCUT2D eigenvalue weighted by Gasteiger charge is 2.35. The zero-order chi connectivity index (χ0) is 11.6. The molecular formula is C10H20N2O3. The van der Waals surface area contributed by atoms with Gasteiger partial charge in [0.2, 0.25) is 0 Å². The van der Waals surface area contributed by atoms with Crippen molar-refractivity contribution in [2.24, 2.45) is 5.73 Å². The largest absolute Gasteiger partial charge is 0.458 e. The number of hydrogen-bond donors (Lipinski definition) is 1. The van der Waals surface area contributed by atoms with E-state index >= 15 is 0 Å². The first-order chi connectivity index (χ1) is 6.81. The maximum atomic E-state index is 11.7. The van der Waals surface area contributed by atoms with Gasteiger partial charge in [0.15, 0.2) is 6.10 Å². The summed E-state index contributed by atoms with van der Waals surface area (Å²) in [5, 5.41) is 0. The van der Waals surface area contributed by atoms with Crippen molar-refractivity contribution >= 4 is 5.97 Å². The van der Waals surface area contributed by atoms with Gasteiger partial charge in [-0.1, -0.05) is 0 Å². The molecule has 0 spiro atoms. The van der Waals surface area contributed by atoms with Crippen molar-refractivity contribution < 1.29 is 14.3 Å². The number of likely N-dealkylation sites (N-methyl/N-ethyl adjacent to an activating group) is 1. The van der Waals surface area contributed by atoms with Crippen LogP contribution in [0.2, 0.25) is 0 Å². The van der Waals surface area contributed by atoms with Crippen LogP contribution < -0.4 is 5.73 Å². The van der Waals surface area contributed by atoms with Crippen molar-refractivity contribution in [2.75, 3.05) is 20.2 Å². The van der Waals surface area contributed by atoms with E-state index in [2.05, 4.69) is 0 Å². The molecule has 1 rings (SSSR count). The van der Waals surface area contributed by atoms with Crippen molar-refractivity contribution in [3.05, 3.63) is 0 Å². The average molecular weight is 216 g/mol. The first kappa shape index (κ1) is 12.4.